The average molecular weight is 489 g/mol. The quantitative estimate of drug-likeness (QED) is 0.493. The smallest absolute Gasteiger partial charge is 0.339 e. The maximum Gasteiger partial charge on any atom is 0.339 e. The highest BCUT2D eigenvalue weighted by Crippen LogP contribution is 2.35. The normalized spacial score (nSPS) is 15.9. The van der Waals surface area contributed by atoms with Gasteiger partial charge in [0.15, 0.2) is 0 Å². The Kier molecular flexibility index (Phi) is 6.20. The molecule has 30 heavy (non-hydrogen) atoms. The first-order valence-corrected chi connectivity index (χ1v) is 10.7. The number of carboxylic acid groups (broad SMARTS) is 1. The molecule has 4 rings (SSSR count). The molecule has 0 aliphatic carbocycles. The Bertz CT molecular complexity index is 1080. The molecule has 0 bridgehead atoms. The fourth-order valence-corrected chi connectivity index (χ4v) is 4.22. The highest BCUT2D eigenvalue weighted by atomic mass is 79.9. The number of para-hydroxylation sites is 1. The van der Waals surface area contributed by atoms with Crippen molar-refractivity contribution in [3.05, 3.63) is 81.0 Å². The molecule has 1 aromatic heterocycles. The van der Waals surface area contributed by atoms with Gasteiger partial charge in [0.2, 0.25) is 5.95 Å². The second-order valence-electron chi connectivity index (χ2n) is 6.96. The van der Waals surface area contributed by atoms with Gasteiger partial charge in [-0.3, -0.25) is 0 Å². The predicted octanol–water partition coefficient (Wildman–Crippen LogP) is 5.51. The molecular weight excluding hydrogens is 470 g/mol. The number of carboxylic acids is 1. The summed E-state index contributed by atoms with van der Waals surface area (Å²) < 4.78 is 6.76. The largest absolute Gasteiger partial charge is 0.486 e. The molecule has 1 saturated heterocycles. The molecule has 154 valence electrons. The van der Waals surface area contributed by atoms with Crippen LogP contribution in [0.5, 0.6) is 5.75 Å². The Labute approximate surface area is 187 Å². The first-order chi connectivity index (χ1) is 14.5. The third-order valence-corrected chi connectivity index (χ3v) is 5.84. The van der Waals surface area contributed by atoms with E-state index in [2.05, 4.69) is 42.9 Å². The van der Waals surface area contributed by atoms with Crippen LogP contribution in [0.2, 0.25) is 5.02 Å². The van der Waals surface area contributed by atoms with Crippen LogP contribution in [-0.2, 0) is 6.61 Å². The van der Waals surface area contributed by atoms with Crippen molar-refractivity contribution in [3.63, 3.8) is 0 Å². The number of ether oxygens (including phenoxy) is 1. The van der Waals surface area contributed by atoms with Crippen molar-refractivity contribution >= 4 is 39.4 Å². The first kappa shape index (κ1) is 20.6. The van der Waals surface area contributed by atoms with Crippen LogP contribution < -0.4 is 9.64 Å². The van der Waals surface area contributed by atoms with Gasteiger partial charge in [-0.2, -0.15) is 0 Å². The Balaban J connectivity index is 1.63. The first-order valence-electron chi connectivity index (χ1n) is 9.51. The lowest BCUT2D eigenvalue weighted by molar-refractivity contribution is 0.0692. The molecule has 1 aliphatic rings. The van der Waals surface area contributed by atoms with E-state index in [9.17, 15) is 9.90 Å². The van der Waals surface area contributed by atoms with Crippen LogP contribution in [0.15, 0.2) is 59.2 Å². The van der Waals surface area contributed by atoms with Gasteiger partial charge in [0.25, 0.3) is 0 Å². The molecule has 6 nitrogen and oxygen atoms in total. The molecular formula is C22H19BrClN3O3. The van der Waals surface area contributed by atoms with Gasteiger partial charge in [-0.05, 0) is 42.7 Å². The SMILES string of the molecule is O=C(O)c1cnc(N2CCC[C@@H]2c2cccc(Br)c2)nc1COc1ccccc1Cl. The number of benzene rings is 2. The number of hydrogen-bond donors (Lipinski definition) is 1. The zero-order chi connectivity index (χ0) is 21.1. The van der Waals surface area contributed by atoms with Gasteiger partial charge in [0, 0.05) is 17.2 Å². The van der Waals surface area contributed by atoms with Crippen LogP contribution in [0.1, 0.15) is 40.5 Å². The van der Waals surface area contributed by atoms with Crippen molar-refractivity contribution in [3.8, 4) is 5.75 Å². The lowest BCUT2D eigenvalue weighted by Gasteiger charge is -2.25. The molecule has 1 aliphatic heterocycles. The number of aromatic carboxylic acids is 1. The molecule has 1 atom stereocenters. The Morgan fingerprint density at radius 2 is 2.10 bits per heavy atom. The van der Waals surface area contributed by atoms with E-state index in [4.69, 9.17) is 16.3 Å². The fraction of sp³-hybridized carbons (Fsp3) is 0.227. The molecule has 8 heteroatoms. The van der Waals surface area contributed by atoms with Crippen molar-refractivity contribution in [2.24, 2.45) is 0 Å². The predicted molar refractivity (Wildman–Crippen MR) is 118 cm³/mol. The summed E-state index contributed by atoms with van der Waals surface area (Å²) in [6.07, 6.45) is 3.34. The minimum Gasteiger partial charge on any atom is -0.486 e. The van der Waals surface area contributed by atoms with Gasteiger partial charge in [-0.15, -0.1) is 0 Å². The number of rotatable bonds is 6. The minimum atomic E-state index is -1.09. The van der Waals surface area contributed by atoms with E-state index >= 15 is 0 Å². The molecule has 0 saturated carbocycles. The molecule has 3 aromatic rings. The molecule has 0 amide bonds. The maximum atomic E-state index is 11.7. The lowest BCUT2D eigenvalue weighted by atomic mass is 10.1. The highest BCUT2D eigenvalue weighted by Gasteiger charge is 2.29. The van der Waals surface area contributed by atoms with E-state index in [0.717, 1.165) is 23.9 Å². The molecule has 2 heterocycles. The molecule has 0 unspecified atom stereocenters. The second-order valence-corrected chi connectivity index (χ2v) is 8.28. The number of anilines is 1. The number of carbonyl (C=O) groups is 1. The van der Waals surface area contributed by atoms with E-state index in [0.29, 0.717) is 22.4 Å². The number of nitrogens with zero attached hydrogens (tertiary/aromatic N) is 3. The van der Waals surface area contributed by atoms with Crippen molar-refractivity contribution in [2.45, 2.75) is 25.5 Å². The molecule has 1 fully saturated rings. The Hall–Kier alpha value is -2.64. The Morgan fingerprint density at radius 3 is 2.87 bits per heavy atom. The molecule has 0 spiro atoms. The van der Waals surface area contributed by atoms with Gasteiger partial charge in [-0.1, -0.05) is 51.8 Å². The summed E-state index contributed by atoms with van der Waals surface area (Å²) >= 11 is 9.67. The van der Waals surface area contributed by atoms with Crippen molar-refractivity contribution in [1.82, 2.24) is 9.97 Å². The third-order valence-electron chi connectivity index (χ3n) is 5.03. The van der Waals surface area contributed by atoms with Crippen LogP contribution in [0.4, 0.5) is 5.95 Å². The summed E-state index contributed by atoms with van der Waals surface area (Å²) in [6.45, 7) is 0.782. The van der Waals surface area contributed by atoms with Crippen LogP contribution in [0, 0.1) is 0 Å². The summed E-state index contributed by atoms with van der Waals surface area (Å²) in [6, 6.07) is 15.4. The highest BCUT2D eigenvalue weighted by molar-refractivity contribution is 9.10. The van der Waals surface area contributed by atoms with E-state index in [1.807, 2.05) is 12.1 Å². The fourth-order valence-electron chi connectivity index (χ4n) is 3.61. The topological polar surface area (TPSA) is 75.5 Å². The van der Waals surface area contributed by atoms with Gasteiger partial charge < -0.3 is 14.7 Å². The van der Waals surface area contributed by atoms with Crippen molar-refractivity contribution in [1.29, 1.82) is 0 Å². The standard InChI is InChI=1S/C22H19BrClN3O3/c23-15-6-3-5-14(11-15)19-8-4-10-27(19)22-25-12-16(21(28)29)18(26-22)13-30-20-9-2-1-7-17(20)24/h1-3,5-7,9,11-12,19H,4,8,10,13H2,(H,28,29)/t19-/m1/s1. The average Bonchev–Trinajstić information content (AvgIpc) is 3.23. The molecule has 2 aromatic carbocycles. The van der Waals surface area contributed by atoms with Crippen LogP contribution >= 0.6 is 27.5 Å². The van der Waals surface area contributed by atoms with E-state index in [1.54, 1.807) is 24.3 Å². The third kappa shape index (κ3) is 4.42. The molecule has 0 radical (unpaired) electrons. The van der Waals surface area contributed by atoms with Gasteiger partial charge in [0.1, 0.15) is 17.9 Å². The van der Waals surface area contributed by atoms with E-state index in [-0.39, 0.29) is 18.2 Å². The number of aromatic nitrogens is 2. The van der Waals surface area contributed by atoms with Crippen LogP contribution in [0.3, 0.4) is 0 Å². The lowest BCUT2D eigenvalue weighted by Crippen LogP contribution is -2.26. The molecule has 1 N–H and O–H groups in total. The van der Waals surface area contributed by atoms with Crippen LogP contribution in [-0.4, -0.2) is 27.6 Å². The second kappa shape index (κ2) is 9.02. The summed E-state index contributed by atoms with van der Waals surface area (Å²) in [4.78, 5) is 22.7. The summed E-state index contributed by atoms with van der Waals surface area (Å²) in [5.74, 6) is -0.117. The Morgan fingerprint density at radius 1 is 1.27 bits per heavy atom. The minimum absolute atomic E-state index is 0.0176. The van der Waals surface area contributed by atoms with E-state index in [1.165, 1.54) is 11.8 Å². The van der Waals surface area contributed by atoms with Gasteiger partial charge in [0.05, 0.1) is 16.8 Å². The monoisotopic (exact) mass is 487 g/mol. The number of hydrogen-bond acceptors (Lipinski definition) is 5. The van der Waals surface area contributed by atoms with Gasteiger partial charge in [-0.25, -0.2) is 14.8 Å². The van der Waals surface area contributed by atoms with E-state index < -0.39 is 5.97 Å². The maximum absolute atomic E-state index is 11.7. The summed E-state index contributed by atoms with van der Waals surface area (Å²) in [5.41, 5.74) is 1.50. The van der Waals surface area contributed by atoms with Gasteiger partial charge >= 0.3 is 5.97 Å². The zero-order valence-corrected chi connectivity index (χ0v) is 18.3. The summed E-state index contributed by atoms with van der Waals surface area (Å²) in [5, 5.41) is 10.0. The van der Waals surface area contributed by atoms with Crippen molar-refractivity contribution < 1.29 is 14.6 Å². The summed E-state index contributed by atoms with van der Waals surface area (Å²) in [7, 11) is 0. The zero-order valence-electron chi connectivity index (χ0n) is 16.0. The number of halogens is 2. The van der Waals surface area contributed by atoms with Crippen molar-refractivity contribution in [2.75, 3.05) is 11.4 Å². The van der Waals surface area contributed by atoms with Crippen LogP contribution in [0.25, 0.3) is 0 Å².